The fourth-order valence-corrected chi connectivity index (χ4v) is 8.33. The van der Waals surface area contributed by atoms with Gasteiger partial charge in [0.2, 0.25) is 0 Å². The van der Waals surface area contributed by atoms with Crippen LogP contribution in [0.5, 0.6) is 0 Å². The Labute approximate surface area is 336 Å². The van der Waals surface area contributed by atoms with Gasteiger partial charge in [-0.15, -0.1) is 0 Å². The molecule has 0 aliphatic heterocycles. The van der Waals surface area contributed by atoms with Gasteiger partial charge in [-0.1, -0.05) is 97.6 Å². The van der Waals surface area contributed by atoms with Gasteiger partial charge in [0.1, 0.15) is 0 Å². The Kier molecular flexibility index (Phi) is 9.05. The molecule has 0 N–H and O–H groups in total. The van der Waals surface area contributed by atoms with Crippen LogP contribution in [0.2, 0.25) is 0 Å². The van der Waals surface area contributed by atoms with Crippen molar-refractivity contribution in [2.24, 2.45) is 4.99 Å². The molecule has 1 atom stereocenters. The Morgan fingerprint density at radius 2 is 1.33 bits per heavy atom. The van der Waals surface area contributed by atoms with Crippen LogP contribution in [0, 0.1) is 0 Å². The highest BCUT2D eigenvalue weighted by molar-refractivity contribution is 6.09. The number of fused-ring (bicyclic) bond motifs is 6. The molecule has 10 rings (SSSR count). The number of hydrogen-bond acceptors (Lipinski definition) is 4. The van der Waals surface area contributed by atoms with E-state index in [0.717, 1.165) is 83.2 Å². The largest absolute Gasteiger partial charge is 0.308 e. The van der Waals surface area contributed by atoms with Crippen LogP contribution in [0.25, 0.3) is 71.9 Å². The van der Waals surface area contributed by atoms with Gasteiger partial charge in [-0.2, -0.15) is 0 Å². The van der Waals surface area contributed by atoms with Crippen LogP contribution in [0.3, 0.4) is 0 Å². The van der Waals surface area contributed by atoms with Crippen molar-refractivity contribution in [1.82, 2.24) is 24.1 Å². The van der Waals surface area contributed by atoms with E-state index in [9.17, 15) is 0 Å². The molecule has 6 heteroatoms. The van der Waals surface area contributed by atoms with Gasteiger partial charge in [-0.05, 0) is 113 Å². The molecule has 0 bridgehead atoms. The molecule has 6 nitrogen and oxygen atoms in total. The summed E-state index contributed by atoms with van der Waals surface area (Å²) in [5.74, 6) is 0.0379. The molecule has 0 amide bonds. The van der Waals surface area contributed by atoms with Crippen molar-refractivity contribution in [3.8, 4) is 22.5 Å². The Hall–Kier alpha value is -7.70. The van der Waals surface area contributed by atoms with Crippen LogP contribution < -0.4 is 0 Å². The van der Waals surface area contributed by atoms with E-state index in [2.05, 4.69) is 154 Å². The molecule has 0 spiro atoms. The van der Waals surface area contributed by atoms with Gasteiger partial charge < -0.3 is 9.13 Å². The predicted molar refractivity (Wildman–Crippen MR) is 241 cm³/mol. The summed E-state index contributed by atoms with van der Waals surface area (Å²) in [5, 5.41) is 2.21. The third-order valence-corrected chi connectivity index (χ3v) is 10.9. The molecule has 5 aromatic heterocycles. The molecule has 276 valence electrons. The van der Waals surface area contributed by atoms with E-state index < -0.39 is 0 Å². The number of benzene rings is 4. The first kappa shape index (κ1) is 34.8. The molecule has 0 saturated heterocycles. The van der Waals surface area contributed by atoms with Gasteiger partial charge in [-0.3, -0.25) is 19.9 Å². The minimum Gasteiger partial charge on any atom is -0.308 e. The zero-order chi connectivity index (χ0) is 38.8. The molecule has 5 heterocycles. The molecule has 9 aromatic rings. The molecule has 1 unspecified atom stereocenters. The summed E-state index contributed by atoms with van der Waals surface area (Å²) in [6.07, 6.45) is 23.7. The highest BCUT2D eigenvalue weighted by Gasteiger charge is 2.21. The second-order valence-electron chi connectivity index (χ2n) is 14.3. The summed E-state index contributed by atoms with van der Waals surface area (Å²) < 4.78 is 4.66. The van der Waals surface area contributed by atoms with Crippen LogP contribution in [0.15, 0.2) is 206 Å². The highest BCUT2D eigenvalue weighted by Crippen LogP contribution is 2.40. The van der Waals surface area contributed by atoms with Crippen molar-refractivity contribution in [3.63, 3.8) is 0 Å². The molecule has 58 heavy (non-hydrogen) atoms. The van der Waals surface area contributed by atoms with Gasteiger partial charge in [-0.25, -0.2) is 0 Å². The molecule has 4 aromatic carbocycles. The summed E-state index contributed by atoms with van der Waals surface area (Å²) >= 11 is 0. The van der Waals surface area contributed by atoms with E-state index in [1.807, 2.05) is 61.2 Å². The maximum atomic E-state index is 4.95. The van der Waals surface area contributed by atoms with Crippen molar-refractivity contribution in [1.29, 1.82) is 0 Å². The summed E-state index contributed by atoms with van der Waals surface area (Å²) in [6, 6.07) is 45.2. The second kappa shape index (κ2) is 15.1. The minimum atomic E-state index is 0.0379. The molecule has 1 aliphatic carbocycles. The van der Waals surface area contributed by atoms with Crippen LogP contribution >= 0.6 is 0 Å². The van der Waals surface area contributed by atoms with Crippen molar-refractivity contribution < 1.29 is 0 Å². The van der Waals surface area contributed by atoms with Gasteiger partial charge in [0.05, 0.1) is 45.3 Å². The number of nitrogens with zero attached hydrogens (tertiary/aromatic N) is 6. The SMILES string of the molecule is C=C/C=C\C=NCc1ccccc1-c1ccc2c(c1)c1ncccc1n2-c1cccc(-n2c3ccc(C4C=CC=CC=C4c4ccccn4)cc3c3ncccc32)c1. The van der Waals surface area contributed by atoms with Crippen LogP contribution in [-0.4, -0.2) is 30.3 Å². The Morgan fingerprint density at radius 3 is 2.09 bits per heavy atom. The smallest absolute Gasteiger partial charge is 0.0963 e. The zero-order valence-corrected chi connectivity index (χ0v) is 31.7. The normalized spacial score (nSPS) is 14.3. The van der Waals surface area contributed by atoms with E-state index in [-0.39, 0.29) is 5.92 Å². The standard InChI is InChI=1S/C52H38N6/c1-2-3-10-28-53-35-38-15-7-8-18-41(38)36-24-26-47-44(32-36)51-49(22-13-30-55-51)57(47)39-16-12-17-40(34-39)58-48-27-25-37(33-45(48)52-50(58)23-14-31-56-52)42-19-5-4-6-20-43(42)46-21-9-11-29-54-46/h2-34,42H,1,35H2/b10-3-,53-28?. The number of hydrogen-bond donors (Lipinski definition) is 0. The lowest BCUT2D eigenvalue weighted by Gasteiger charge is -2.17. The van der Waals surface area contributed by atoms with E-state index in [4.69, 9.17) is 15.0 Å². The Morgan fingerprint density at radius 1 is 0.603 bits per heavy atom. The summed E-state index contributed by atoms with van der Waals surface area (Å²) in [6.45, 7) is 4.32. The zero-order valence-electron chi connectivity index (χ0n) is 31.7. The number of allylic oxidation sites excluding steroid dienone is 9. The molecular weight excluding hydrogens is 709 g/mol. The van der Waals surface area contributed by atoms with Gasteiger partial charge in [0.25, 0.3) is 0 Å². The van der Waals surface area contributed by atoms with Crippen molar-refractivity contribution in [3.05, 3.63) is 218 Å². The average molecular weight is 747 g/mol. The highest BCUT2D eigenvalue weighted by atomic mass is 15.0. The maximum absolute atomic E-state index is 4.95. The third-order valence-electron chi connectivity index (χ3n) is 10.9. The van der Waals surface area contributed by atoms with E-state index in [1.54, 1.807) is 6.08 Å². The maximum Gasteiger partial charge on any atom is 0.0963 e. The van der Waals surface area contributed by atoms with E-state index in [0.29, 0.717) is 6.54 Å². The Balaban J connectivity index is 1.08. The monoisotopic (exact) mass is 746 g/mol. The number of pyridine rings is 3. The lowest BCUT2D eigenvalue weighted by atomic mass is 9.88. The first-order valence-corrected chi connectivity index (χ1v) is 19.5. The fourth-order valence-electron chi connectivity index (χ4n) is 8.33. The topological polar surface area (TPSA) is 60.9 Å². The van der Waals surface area contributed by atoms with Crippen LogP contribution in [0.1, 0.15) is 22.7 Å². The minimum absolute atomic E-state index is 0.0379. The van der Waals surface area contributed by atoms with Crippen LogP contribution in [0.4, 0.5) is 0 Å². The van der Waals surface area contributed by atoms with Gasteiger partial charge in [0, 0.05) is 52.9 Å². The second-order valence-corrected chi connectivity index (χ2v) is 14.3. The number of aromatic nitrogens is 5. The van der Waals surface area contributed by atoms with Crippen molar-refractivity contribution in [2.75, 3.05) is 0 Å². The summed E-state index contributed by atoms with van der Waals surface area (Å²) in [7, 11) is 0. The summed E-state index contributed by atoms with van der Waals surface area (Å²) in [4.78, 5) is 19.2. The van der Waals surface area contributed by atoms with Crippen molar-refractivity contribution >= 4 is 55.7 Å². The Bertz CT molecular complexity index is 3170. The van der Waals surface area contributed by atoms with Gasteiger partial charge >= 0.3 is 0 Å². The first-order chi connectivity index (χ1) is 28.8. The quantitative estimate of drug-likeness (QED) is 0.109. The number of aliphatic imine (C=N–C) groups is 1. The number of rotatable bonds is 9. The third kappa shape index (κ3) is 6.17. The predicted octanol–water partition coefficient (Wildman–Crippen LogP) is 12.3. The first-order valence-electron chi connectivity index (χ1n) is 19.5. The molecule has 0 fully saturated rings. The summed E-state index contributed by atoms with van der Waals surface area (Å²) in [5.41, 5.74) is 15.1. The average Bonchev–Trinajstić information content (AvgIpc) is 3.66. The van der Waals surface area contributed by atoms with Crippen molar-refractivity contribution in [2.45, 2.75) is 12.5 Å². The lowest BCUT2D eigenvalue weighted by Crippen LogP contribution is -2.01. The molecule has 0 radical (unpaired) electrons. The van der Waals surface area contributed by atoms with Gasteiger partial charge in [0.15, 0.2) is 0 Å². The van der Waals surface area contributed by atoms with E-state index in [1.165, 1.54) is 5.56 Å². The van der Waals surface area contributed by atoms with E-state index >= 15 is 0 Å². The molecule has 1 aliphatic rings. The molecule has 0 saturated carbocycles. The lowest BCUT2D eigenvalue weighted by molar-refractivity contribution is 1.08. The van der Waals surface area contributed by atoms with Crippen LogP contribution in [-0.2, 0) is 6.54 Å². The molecular formula is C52H38N6. The fraction of sp³-hybridized carbons (Fsp3) is 0.0385.